The van der Waals surface area contributed by atoms with Crippen LogP contribution in [0.25, 0.3) is 0 Å². The van der Waals surface area contributed by atoms with Crippen LogP contribution >= 0.6 is 0 Å². The van der Waals surface area contributed by atoms with E-state index >= 15 is 0 Å². The van der Waals surface area contributed by atoms with Gasteiger partial charge in [-0.3, -0.25) is 0 Å². The molecule has 1 rings (SSSR count). The summed E-state index contributed by atoms with van der Waals surface area (Å²) in [7, 11) is 0. The first-order valence-electron chi connectivity index (χ1n) is 7.06. The number of allylic oxidation sites excluding steroid dienone is 2. The normalized spacial score (nSPS) is 24.9. The molecule has 0 aromatic carbocycles. The van der Waals surface area contributed by atoms with E-state index in [2.05, 4.69) is 24.4 Å². The van der Waals surface area contributed by atoms with E-state index in [-0.39, 0.29) is 19.7 Å². The van der Waals surface area contributed by atoms with E-state index in [1.165, 1.54) is 0 Å². The molecule has 0 spiro atoms. The van der Waals surface area contributed by atoms with Gasteiger partial charge >= 0.3 is 6.18 Å². The highest BCUT2D eigenvalue weighted by molar-refractivity contribution is 4.93. The van der Waals surface area contributed by atoms with E-state index < -0.39 is 18.7 Å². The predicted molar refractivity (Wildman–Crippen MR) is 71.4 cm³/mol. The molecule has 0 radical (unpaired) electrons. The van der Waals surface area contributed by atoms with Gasteiger partial charge in [0.05, 0.1) is 25.7 Å². The van der Waals surface area contributed by atoms with Gasteiger partial charge in [-0.25, -0.2) is 0 Å². The van der Waals surface area contributed by atoms with Crippen LogP contribution in [-0.4, -0.2) is 43.7 Å². The molecule has 1 aliphatic carbocycles. The van der Waals surface area contributed by atoms with Crippen molar-refractivity contribution >= 4 is 0 Å². The molecule has 0 saturated heterocycles. The van der Waals surface area contributed by atoms with Crippen molar-refractivity contribution in [3.8, 4) is 0 Å². The van der Waals surface area contributed by atoms with Crippen molar-refractivity contribution in [2.45, 2.75) is 38.5 Å². The number of aliphatic hydroxyl groups is 1. The summed E-state index contributed by atoms with van der Waals surface area (Å²) >= 11 is 0. The maximum absolute atomic E-state index is 11.9. The fraction of sp³-hybridized carbons (Fsp3) is 0.857. The van der Waals surface area contributed by atoms with Crippen molar-refractivity contribution in [1.29, 1.82) is 0 Å². The van der Waals surface area contributed by atoms with Gasteiger partial charge in [0.1, 0.15) is 0 Å². The molecule has 0 amide bonds. The summed E-state index contributed by atoms with van der Waals surface area (Å²) in [6.45, 7) is 2.87. The van der Waals surface area contributed by atoms with Crippen molar-refractivity contribution in [3.05, 3.63) is 12.2 Å². The van der Waals surface area contributed by atoms with Crippen LogP contribution in [0, 0.1) is 11.8 Å². The topological polar surface area (TPSA) is 41.5 Å². The Hall–Kier alpha value is -0.590. The SMILES string of the molecule is CC1CC=CCC1COCC(O)CNCCC(F)(F)F. The van der Waals surface area contributed by atoms with Crippen LogP contribution in [0.15, 0.2) is 12.2 Å². The van der Waals surface area contributed by atoms with Crippen LogP contribution < -0.4 is 5.32 Å². The first-order chi connectivity index (χ1) is 9.38. The number of hydrogen-bond acceptors (Lipinski definition) is 3. The Morgan fingerprint density at radius 1 is 1.35 bits per heavy atom. The Balaban J connectivity index is 2.02. The lowest BCUT2D eigenvalue weighted by atomic mass is 9.85. The summed E-state index contributed by atoms with van der Waals surface area (Å²) in [5, 5.41) is 12.2. The Kier molecular flexibility index (Phi) is 7.55. The molecule has 6 heteroatoms. The van der Waals surface area contributed by atoms with Gasteiger partial charge in [0.15, 0.2) is 0 Å². The molecule has 3 atom stereocenters. The number of alkyl halides is 3. The van der Waals surface area contributed by atoms with Crippen LogP contribution in [0.4, 0.5) is 13.2 Å². The highest BCUT2D eigenvalue weighted by Crippen LogP contribution is 2.25. The van der Waals surface area contributed by atoms with Gasteiger partial charge in [-0.15, -0.1) is 0 Å². The van der Waals surface area contributed by atoms with Crippen LogP contribution in [0.3, 0.4) is 0 Å². The monoisotopic (exact) mass is 295 g/mol. The fourth-order valence-electron chi connectivity index (χ4n) is 2.15. The van der Waals surface area contributed by atoms with Crippen LogP contribution in [0.5, 0.6) is 0 Å². The zero-order chi connectivity index (χ0) is 15.0. The van der Waals surface area contributed by atoms with E-state index in [0.29, 0.717) is 18.4 Å². The minimum Gasteiger partial charge on any atom is -0.389 e. The third-order valence-corrected chi connectivity index (χ3v) is 3.53. The number of halogens is 3. The van der Waals surface area contributed by atoms with Crippen LogP contribution in [0.2, 0.25) is 0 Å². The second kappa shape index (κ2) is 8.64. The molecule has 0 saturated carbocycles. The third kappa shape index (κ3) is 7.87. The molecule has 3 nitrogen and oxygen atoms in total. The molecular weight excluding hydrogens is 271 g/mol. The average molecular weight is 295 g/mol. The first kappa shape index (κ1) is 17.5. The Labute approximate surface area is 118 Å². The molecule has 0 bridgehead atoms. The highest BCUT2D eigenvalue weighted by Gasteiger charge is 2.26. The number of aliphatic hydroxyl groups excluding tert-OH is 1. The number of hydrogen-bond donors (Lipinski definition) is 2. The summed E-state index contributed by atoms with van der Waals surface area (Å²) in [6, 6.07) is 0. The third-order valence-electron chi connectivity index (χ3n) is 3.53. The standard InChI is InChI=1S/C14H24F3NO2/c1-11-4-2-3-5-12(11)9-20-10-13(19)8-18-7-6-14(15,16)17/h2-3,11-13,18-19H,4-10H2,1H3. The van der Waals surface area contributed by atoms with Crippen molar-refractivity contribution in [1.82, 2.24) is 5.32 Å². The van der Waals surface area contributed by atoms with E-state index in [1.54, 1.807) is 0 Å². The maximum atomic E-state index is 11.9. The van der Waals surface area contributed by atoms with Crippen molar-refractivity contribution < 1.29 is 23.0 Å². The summed E-state index contributed by atoms with van der Waals surface area (Å²) in [6.07, 6.45) is 0.545. The van der Waals surface area contributed by atoms with Crippen molar-refractivity contribution in [3.63, 3.8) is 0 Å². The molecule has 0 heterocycles. The molecular formula is C14H24F3NO2. The second-order valence-corrected chi connectivity index (χ2v) is 5.44. The molecule has 1 aliphatic rings. The summed E-state index contributed by atoms with van der Waals surface area (Å²) in [5.74, 6) is 1.03. The minimum absolute atomic E-state index is 0.121. The Morgan fingerprint density at radius 2 is 2.05 bits per heavy atom. The number of nitrogens with one attached hydrogen (secondary N) is 1. The molecule has 0 fully saturated rings. The van der Waals surface area contributed by atoms with Gasteiger partial charge < -0.3 is 15.2 Å². The predicted octanol–water partition coefficient (Wildman–Crippen LogP) is 2.51. The van der Waals surface area contributed by atoms with E-state index in [4.69, 9.17) is 4.74 Å². The largest absolute Gasteiger partial charge is 0.390 e. The molecule has 0 aromatic heterocycles. The minimum atomic E-state index is -4.15. The summed E-state index contributed by atoms with van der Waals surface area (Å²) in [5.41, 5.74) is 0. The van der Waals surface area contributed by atoms with Gasteiger partial charge in [0.2, 0.25) is 0 Å². The van der Waals surface area contributed by atoms with E-state index in [9.17, 15) is 18.3 Å². The van der Waals surface area contributed by atoms with Gasteiger partial charge in [0, 0.05) is 13.1 Å². The molecule has 0 aromatic rings. The molecule has 3 unspecified atom stereocenters. The Morgan fingerprint density at radius 3 is 2.70 bits per heavy atom. The van der Waals surface area contributed by atoms with Gasteiger partial charge in [0.25, 0.3) is 0 Å². The lowest BCUT2D eigenvalue weighted by Gasteiger charge is -2.25. The van der Waals surface area contributed by atoms with E-state index in [1.807, 2.05) is 0 Å². The zero-order valence-corrected chi connectivity index (χ0v) is 11.8. The molecule has 2 N–H and O–H groups in total. The summed E-state index contributed by atoms with van der Waals surface area (Å²) in [4.78, 5) is 0. The zero-order valence-electron chi connectivity index (χ0n) is 11.8. The van der Waals surface area contributed by atoms with Gasteiger partial charge in [-0.1, -0.05) is 19.1 Å². The van der Waals surface area contributed by atoms with Crippen LogP contribution in [0.1, 0.15) is 26.2 Å². The van der Waals surface area contributed by atoms with Crippen molar-refractivity contribution in [2.24, 2.45) is 11.8 Å². The smallest absolute Gasteiger partial charge is 0.389 e. The summed E-state index contributed by atoms with van der Waals surface area (Å²) < 4.78 is 41.1. The molecule has 0 aliphatic heterocycles. The molecule has 20 heavy (non-hydrogen) atoms. The average Bonchev–Trinajstić information content (AvgIpc) is 2.36. The quantitative estimate of drug-likeness (QED) is 0.534. The van der Waals surface area contributed by atoms with Gasteiger partial charge in [-0.2, -0.15) is 13.2 Å². The van der Waals surface area contributed by atoms with E-state index in [0.717, 1.165) is 12.8 Å². The number of rotatable bonds is 8. The second-order valence-electron chi connectivity index (χ2n) is 5.44. The first-order valence-corrected chi connectivity index (χ1v) is 7.06. The van der Waals surface area contributed by atoms with Crippen LogP contribution in [-0.2, 0) is 4.74 Å². The van der Waals surface area contributed by atoms with Gasteiger partial charge in [-0.05, 0) is 24.7 Å². The lowest BCUT2D eigenvalue weighted by molar-refractivity contribution is -0.133. The lowest BCUT2D eigenvalue weighted by Crippen LogP contribution is -2.33. The maximum Gasteiger partial charge on any atom is 0.390 e. The highest BCUT2D eigenvalue weighted by atomic mass is 19.4. The number of ether oxygens (including phenoxy) is 1. The van der Waals surface area contributed by atoms with Crippen molar-refractivity contribution in [2.75, 3.05) is 26.3 Å². The Bertz CT molecular complexity index is 295. The molecule has 118 valence electrons. The fourth-order valence-corrected chi connectivity index (χ4v) is 2.15.